The van der Waals surface area contributed by atoms with Crippen LogP contribution in [0, 0.1) is 3.57 Å². The molecular weight excluding hydrogens is 979 g/mol. The topological polar surface area (TPSA) is 122 Å². The summed E-state index contributed by atoms with van der Waals surface area (Å²) >= 11 is 8.55. The van der Waals surface area contributed by atoms with E-state index in [-0.39, 0.29) is 23.9 Å². The van der Waals surface area contributed by atoms with Crippen LogP contribution in [0.4, 0.5) is 11.4 Å². The van der Waals surface area contributed by atoms with Crippen molar-refractivity contribution in [3.8, 4) is 22.3 Å². The SMILES string of the molecule is O=C(C(Nc1ccccc1)c1ccc(Cl)cc1)N1CCC[C@H]1c1nc2ccc(-c3ccc(-c4ccc5nc([C@@H]6CCCN6C(=O)C(Nc6ccccc6)c6ccc(I)cc6)[nH]c5c4)cc3)cc2[nH]1. The van der Waals surface area contributed by atoms with Crippen molar-refractivity contribution in [2.75, 3.05) is 23.7 Å². The van der Waals surface area contributed by atoms with Crippen LogP contribution in [0.25, 0.3) is 44.3 Å². The molecule has 0 saturated carbocycles. The Balaban J connectivity index is 0.799. The number of amides is 2. The molecule has 4 N–H and O–H groups in total. The fourth-order valence-corrected chi connectivity index (χ4v) is 10.3. The Morgan fingerprint density at radius 1 is 0.544 bits per heavy atom. The predicted octanol–water partition coefficient (Wildman–Crippen LogP) is 13.1. The molecule has 0 aliphatic carbocycles. The number of hydrogen-bond donors (Lipinski definition) is 4. The molecule has 2 aromatic heterocycles. The van der Waals surface area contributed by atoms with Crippen LogP contribution >= 0.6 is 34.2 Å². The Kier molecular flexibility index (Phi) is 12.2. The minimum absolute atomic E-state index is 0.000951. The molecule has 2 unspecified atom stereocenters. The number of para-hydroxylation sites is 2. The standard InChI is InChI=1S/C56H48ClIN8O2/c57-41-25-19-37(20-26-41)51(59-43-9-3-1-4-10-43)55(67)65-31-7-13-49(65)53-61-45-29-23-39(33-47(45)63-53)35-15-17-36(18-16-35)40-24-30-46-48(34-40)64-54(62-46)50-14-8-32-66(50)56(68)52(38-21-27-42(58)28-22-38)60-44-11-5-2-6-12-44/h1-6,9-12,15-30,33-34,49-52,59-60H,7-8,13-14,31-32H2,(H,61,63)(H,62,64)/t49-,50-,51?,52?/m0/s1. The molecule has 10 nitrogen and oxygen atoms in total. The molecule has 2 aliphatic heterocycles. The van der Waals surface area contributed by atoms with E-state index < -0.39 is 12.1 Å². The smallest absolute Gasteiger partial charge is 0.250 e. The van der Waals surface area contributed by atoms with Gasteiger partial charge in [0.25, 0.3) is 0 Å². The quantitative estimate of drug-likeness (QED) is 0.0905. The Morgan fingerprint density at radius 3 is 1.40 bits per heavy atom. The van der Waals surface area contributed by atoms with E-state index in [4.69, 9.17) is 21.6 Å². The third kappa shape index (κ3) is 8.95. The molecule has 4 atom stereocenters. The summed E-state index contributed by atoms with van der Waals surface area (Å²) in [5.41, 5.74) is 11.5. The van der Waals surface area contributed by atoms with Gasteiger partial charge in [-0.1, -0.05) is 109 Å². The first-order valence-electron chi connectivity index (χ1n) is 23.2. The van der Waals surface area contributed by atoms with E-state index in [1.807, 2.05) is 119 Å². The van der Waals surface area contributed by atoms with Crippen molar-refractivity contribution in [3.63, 3.8) is 0 Å². The fraction of sp³-hybridized carbons (Fsp3) is 0.179. The third-order valence-electron chi connectivity index (χ3n) is 13.3. The van der Waals surface area contributed by atoms with E-state index in [1.165, 1.54) is 0 Å². The summed E-state index contributed by atoms with van der Waals surface area (Å²) in [6.45, 7) is 1.32. The third-order valence-corrected chi connectivity index (χ3v) is 14.3. The lowest BCUT2D eigenvalue weighted by Crippen LogP contribution is -2.38. The van der Waals surface area contributed by atoms with Crippen molar-refractivity contribution in [2.24, 2.45) is 0 Å². The highest BCUT2D eigenvalue weighted by atomic mass is 127. The zero-order valence-corrected chi connectivity index (χ0v) is 40.0. The second-order valence-electron chi connectivity index (χ2n) is 17.7. The van der Waals surface area contributed by atoms with Crippen molar-refractivity contribution in [2.45, 2.75) is 49.9 Å². The number of H-pyrrole nitrogens is 2. The molecule has 7 aromatic carbocycles. The second-order valence-corrected chi connectivity index (χ2v) is 19.3. The van der Waals surface area contributed by atoms with Crippen molar-refractivity contribution >= 4 is 79.4 Å². The Labute approximate surface area is 413 Å². The molecule has 2 saturated heterocycles. The molecule has 2 amide bonds. The molecular formula is C56H48ClIN8O2. The number of benzene rings is 7. The molecule has 0 spiro atoms. The maximum Gasteiger partial charge on any atom is 0.250 e. The first kappa shape index (κ1) is 43.6. The molecule has 2 fully saturated rings. The molecule has 12 heteroatoms. The highest BCUT2D eigenvalue weighted by Gasteiger charge is 2.38. The summed E-state index contributed by atoms with van der Waals surface area (Å²) in [4.78, 5) is 50.2. The summed E-state index contributed by atoms with van der Waals surface area (Å²) in [7, 11) is 0. The lowest BCUT2D eigenvalue weighted by atomic mass is 10.00. The van der Waals surface area contributed by atoms with Crippen LogP contribution in [0.2, 0.25) is 5.02 Å². The van der Waals surface area contributed by atoms with E-state index in [1.54, 1.807) is 0 Å². The van der Waals surface area contributed by atoms with Crippen LogP contribution in [-0.2, 0) is 9.59 Å². The number of aromatic nitrogens is 4. The highest BCUT2D eigenvalue weighted by molar-refractivity contribution is 14.1. The van der Waals surface area contributed by atoms with Gasteiger partial charge in [-0.05, 0) is 154 Å². The Hall–Kier alpha value is -6.96. The zero-order valence-electron chi connectivity index (χ0n) is 37.1. The fourth-order valence-electron chi connectivity index (χ4n) is 9.84. The number of likely N-dealkylation sites (tertiary alicyclic amines) is 2. The van der Waals surface area contributed by atoms with E-state index in [9.17, 15) is 9.59 Å². The Bertz CT molecular complexity index is 3020. The number of anilines is 2. The van der Waals surface area contributed by atoms with Crippen molar-refractivity contribution in [3.05, 3.63) is 201 Å². The van der Waals surface area contributed by atoms with E-state index in [0.717, 1.165) is 108 Å². The molecule has 4 heterocycles. The number of rotatable bonds is 12. The molecule has 0 bridgehead atoms. The zero-order chi connectivity index (χ0) is 46.1. The number of hydrogen-bond acceptors (Lipinski definition) is 6. The van der Waals surface area contributed by atoms with Crippen LogP contribution < -0.4 is 10.6 Å². The highest BCUT2D eigenvalue weighted by Crippen LogP contribution is 2.38. The molecule has 2 aliphatic rings. The molecule has 338 valence electrons. The van der Waals surface area contributed by atoms with Gasteiger partial charge in [-0.3, -0.25) is 9.59 Å². The average Bonchev–Trinajstić information content (AvgIpc) is 4.22. The molecule has 0 radical (unpaired) electrons. The van der Waals surface area contributed by atoms with Crippen LogP contribution in [0.3, 0.4) is 0 Å². The van der Waals surface area contributed by atoms with Crippen LogP contribution in [0.15, 0.2) is 170 Å². The minimum Gasteiger partial charge on any atom is -0.370 e. The van der Waals surface area contributed by atoms with Crippen molar-refractivity contribution in [1.29, 1.82) is 0 Å². The minimum atomic E-state index is -0.584. The second kappa shape index (κ2) is 19.0. The number of halogens is 2. The van der Waals surface area contributed by atoms with Crippen molar-refractivity contribution < 1.29 is 9.59 Å². The lowest BCUT2D eigenvalue weighted by molar-refractivity contribution is -0.134. The molecule has 11 rings (SSSR count). The molecule has 9 aromatic rings. The Morgan fingerprint density at radius 2 is 0.956 bits per heavy atom. The summed E-state index contributed by atoms with van der Waals surface area (Å²) in [6.07, 6.45) is 3.46. The first-order valence-corrected chi connectivity index (χ1v) is 24.6. The monoisotopic (exact) mass is 1030 g/mol. The summed E-state index contributed by atoms with van der Waals surface area (Å²) in [6, 6.07) is 55.2. The number of imidazole rings is 2. The predicted molar refractivity (Wildman–Crippen MR) is 280 cm³/mol. The molecule has 68 heavy (non-hydrogen) atoms. The van der Waals surface area contributed by atoms with Crippen LogP contribution in [-0.4, -0.2) is 54.6 Å². The van der Waals surface area contributed by atoms with Gasteiger partial charge in [0.15, 0.2) is 0 Å². The average molecular weight is 1030 g/mol. The normalized spacial score (nSPS) is 16.9. The number of fused-ring (bicyclic) bond motifs is 2. The van der Waals surface area contributed by atoms with E-state index in [0.29, 0.717) is 18.1 Å². The van der Waals surface area contributed by atoms with Gasteiger partial charge < -0.3 is 30.4 Å². The van der Waals surface area contributed by atoms with Gasteiger partial charge in [-0.25, -0.2) is 9.97 Å². The van der Waals surface area contributed by atoms with Gasteiger partial charge in [0.1, 0.15) is 23.7 Å². The number of aromatic amines is 2. The van der Waals surface area contributed by atoms with Crippen LogP contribution in [0.1, 0.15) is 72.6 Å². The summed E-state index contributed by atoms with van der Waals surface area (Å²) < 4.78 is 1.12. The maximum atomic E-state index is 14.5. The van der Waals surface area contributed by atoms with Gasteiger partial charge in [-0.15, -0.1) is 0 Å². The van der Waals surface area contributed by atoms with E-state index >= 15 is 0 Å². The number of carbonyl (C=O) groups is 2. The van der Waals surface area contributed by atoms with Gasteiger partial charge in [0.05, 0.1) is 34.2 Å². The van der Waals surface area contributed by atoms with Gasteiger partial charge in [-0.2, -0.15) is 0 Å². The van der Waals surface area contributed by atoms with Gasteiger partial charge >= 0.3 is 0 Å². The lowest BCUT2D eigenvalue weighted by Gasteiger charge is -2.29. The summed E-state index contributed by atoms with van der Waals surface area (Å²) in [5.74, 6) is 1.64. The largest absolute Gasteiger partial charge is 0.370 e. The van der Waals surface area contributed by atoms with Gasteiger partial charge in [0, 0.05) is 33.1 Å². The van der Waals surface area contributed by atoms with Crippen LogP contribution in [0.5, 0.6) is 0 Å². The first-order chi connectivity index (χ1) is 33.3. The number of carbonyl (C=O) groups excluding carboxylic acids is 2. The number of nitrogens with zero attached hydrogens (tertiary/aromatic N) is 4. The van der Waals surface area contributed by atoms with E-state index in [2.05, 4.69) is 104 Å². The van der Waals surface area contributed by atoms with Crippen molar-refractivity contribution in [1.82, 2.24) is 29.7 Å². The van der Waals surface area contributed by atoms with Gasteiger partial charge in [0.2, 0.25) is 11.8 Å². The maximum absolute atomic E-state index is 14.5. The number of nitrogens with one attached hydrogen (secondary N) is 4. The summed E-state index contributed by atoms with van der Waals surface area (Å²) in [5, 5.41) is 7.63.